The van der Waals surface area contributed by atoms with Crippen LogP contribution >= 0.6 is 15.9 Å². The van der Waals surface area contributed by atoms with E-state index >= 15 is 0 Å². The predicted octanol–water partition coefficient (Wildman–Crippen LogP) is 8.63. The van der Waals surface area contributed by atoms with Crippen LogP contribution in [0.5, 0.6) is 0 Å². The molecule has 0 radical (unpaired) electrons. The Morgan fingerprint density at radius 3 is 2.37 bits per heavy atom. The van der Waals surface area contributed by atoms with Crippen LogP contribution in [-0.2, 0) is 6.42 Å². The van der Waals surface area contributed by atoms with Gasteiger partial charge in [-0.1, -0.05) is 63.2 Å². The highest BCUT2D eigenvalue weighted by Gasteiger charge is 2.29. The van der Waals surface area contributed by atoms with Crippen LogP contribution in [0.1, 0.15) is 89.5 Å². The second-order valence-corrected chi connectivity index (χ2v) is 9.78. The molecule has 0 nitrogen and oxygen atoms in total. The number of halogens is 2. The van der Waals surface area contributed by atoms with Gasteiger partial charge in [-0.2, -0.15) is 0 Å². The van der Waals surface area contributed by atoms with Crippen molar-refractivity contribution < 1.29 is 4.39 Å². The third-order valence-electron chi connectivity index (χ3n) is 7.06. The van der Waals surface area contributed by atoms with Crippen molar-refractivity contribution in [1.82, 2.24) is 0 Å². The average Bonchev–Trinajstić information content (AvgIpc) is 2.70. The van der Waals surface area contributed by atoms with Crippen molar-refractivity contribution in [2.24, 2.45) is 17.8 Å². The lowest BCUT2D eigenvalue weighted by atomic mass is 9.69. The first-order valence-corrected chi connectivity index (χ1v) is 12.1. The first-order chi connectivity index (χ1) is 13.2. The Morgan fingerprint density at radius 2 is 1.70 bits per heavy atom. The zero-order chi connectivity index (χ0) is 19.1. The number of unbranched alkanes of at least 4 members (excludes halogenated alkanes) is 2. The van der Waals surface area contributed by atoms with Gasteiger partial charge in [0.15, 0.2) is 0 Å². The van der Waals surface area contributed by atoms with Crippen LogP contribution in [0.25, 0.3) is 0 Å². The molecule has 0 spiro atoms. The van der Waals surface area contributed by atoms with Crippen molar-refractivity contribution >= 4 is 15.9 Å². The summed E-state index contributed by atoms with van der Waals surface area (Å²) in [6.45, 7) is 2.31. The minimum atomic E-state index is -0.153. The Balaban J connectivity index is 1.39. The Morgan fingerprint density at radius 1 is 1.00 bits per heavy atom. The maximum atomic E-state index is 13.6. The van der Waals surface area contributed by atoms with Gasteiger partial charge in [0, 0.05) is 0 Å². The first-order valence-electron chi connectivity index (χ1n) is 11.3. The lowest BCUT2D eigenvalue weighted by molar-refractivity contribution is 0.172. The van der Waals surface area contributed by atoms with Gasteiger partial charge in [0.2, 0.25) is 0 Å². The van der Waals surface area contributed by atoms with Gasteiger partial charge in [-0.3, -0.25) is 0 Å². The van der Waals surface area contributed by atoms with Crippen molar-refractivity contribution in [3.63, 3.8) is 0 Å². The normalized spacial score (nSPS) is 26.2. The smallest absolute Gasteiger partial charge is 0.137 e. The fourth-order valence-electron chi connectivity index (χ4n) is 5.25. The number of allylic oxidation sites excluding steroid dienone is 2. The molecule has 0 heterocycles. The van der Waals surface area contributed by atoms with Crippen LogP contribution in [0.2, 0.25) is 0 Å². The van der Waals surface area contributed by atoms with E-state index in [-0.39, 0.29) is 5.82 Å². The van der Waals surface area contributed by atoms with Crippen molar-refractivity contribution in [1.29, 1.82) is 0 Å². The number of benzene rings is 1. The van der Waals surface area contributed by atoms with Crippen LogP contribution in [-0.4, -0.2) is 0 Å². The summed E-state index contributed by atoms with van der Waals surface area (Å²) in [5, 5.41) is 0. The standard InChI is InChI=1S/C25H36BrF/c1-2-3-4-5-19-8-13-22(14-9-19)23-15-10-20(11-16-23)6-7-21-12-17-24(26)25(27)18-21/h6,12,17-19,22-23H,2-5,7-11,13-16H2,1H3/t19-,22-,23?. The van der Waals surface area contributed by atoms with Gasteiger partial charge in [-0.15, -0.1) is 0 Å². The number of hydrogen-bond acceptors (Lipinski definition) is 0. The third kappa shape index (κ3) is 6.44. The van der Waals surface area contributed by atoms with E-state index in [1.54, 1.807) is 11.6 Å². The Bertz CT molecular complexity index is 603. The molecule has 0 N–H and O–H groups in total. The third-order valence-corrected chi connectivity index (χ3v) is 7.70. The summed E-state index contributed by atoms with van der Waals surface area (Å²) in [6, 6.07) is 5.50. The summed E-state index contributed by atoms with van der Waals surface area (Å²) in [5.74, 6) is 2.83. The van der Waals surface area contributed by atoms with Crippen LogP contribution in [0.3, 0.4) is 0 Å². The van der Waals surface area contributed by atoms with E-state index < -0.39 is 0 Å². The second-order valence-electron chi connectivity index (χ2n) is 8.93. The van der Waals surface area contributed by atoms with E-state index in [4.69, 9.17) is 0 Å². The van der Waals surface area contributed by atoms with Gasteiger partial charge >= 0.3 is 0 Å². The monoisotopic (exact) mass is 434 g/mol. The summed E-state index contributed by atoms with van der Waals surface area (Å²) in [6.07, 6.45) is 20.2. The molecule has 1 aromatic carbocycles. The highest BCUT2D eigenvalue weighted by molar-refractivity contribution is 9.10. The molecule has 0 amide bonds. The SMILES string of the molecule is CCCCC[C@H]1CC[C@H](C2CCC(=CCc3ccc(Br)c(F)c3)CC2)CC1. The van der Waals surface area contributed by atoms with Gasteiger partial charge in [-0.05, 0) is 96.3 Å². The molecule has 27 heavy (non-hydrogen) atoms. The molecule has 1 aromatic rings. The van der Waals surface area contributed by atoms with E-state index in [0.29, 0.717) is 4.47 Å². The molecule has 2 heteroatoms. The average molecular weight is 435 g/mol. The summed E-state index contributed by atoms with van der Waals surface area (Å²) >= 11 is 3.23. The van der Waals surface area contributed by atoms with E-state index in [2.05, 4.69) is 28.9 Å². The maximum Gasteiger partial charge on any atom is 0.137 e. The van der Waals surface area contributed by atoms with Crippen LogP contribution in [0, 0.1) is 23.6 Å². The number of hydrogen-bond donors (Lipinski definition) is 0. The zero-order valence-corrected chi connectivity index (χ0v) is 18.6. The minimum Gasteiger partial charge on any atom is -0.206 e. The van der Waals surface area contributed by atoms with E-state index in [1.807, 2.05) is 12.1 Å². The Hall–Kier alpha value is -0.630. The molecule has 0 aromatic heterocycles. The molecular formula is C25H36BrF. The number of rotatable bonds is 7. The summed E-state index contributed by atoms with van der Waals surface area (Å²) in [4.78, 5) is 0. The Kier molecular flexibility index (Phi) is 8.43. The molecule has 0 unspecified atom stereocenters. The summed E-state index contributed by atoms with van der Waals surface area (Å²) < 4.78 is 14.2. The van der Waals surface area contributed by atoms with Crippen LogP contribution < -0.4 is 0 Å². The van der Waals surface area contributed by atoms with Crippen molar-refractivity contribution in [3.8, 4) is 0 Å². The van der Waals surface area contributed by atoms with Gasteiger partial charge < -0.3 is 0 Å². The fraction of sp³-hybridized carbons (Fsp3) is 0.680. The molecule has 0 atom stereocenters. The summed E-state index contributed by atoms with van der Waals surface area (Å²) in [5.41, 5.74) is 2.68. The van der Waals surface area contributed by atoms with Crippen molar-refractivity contribution in [2.75, 3.05) is 0 Å². The molecule has 2 saturated carbocycles. The van der Waals surface area contributed by atoms with Crippen molar-refractivity contribution in [2.45, 2.75) is 90.4 Å². The highest BCUT2D eigenvalue weighted by atomic mass is 79.9. The molecule has 2 fully saturated rings. The van der Waals surface area contributed by atoms with Gasteiger partial charge in [-0.25, -0.2) is 4.39 Å². The molecule has 0 bridgehead atoms. The predicted molar refractivity (Wildman–Crippen MR) is 117 cm³/mol. The van der Waals surface area contributed by atoms with Crippen molar-refractivity contribution in [3.05, 3.63) is 45.7 Å². The Labute approximate surface area is 174 Å². The minimum absolute atomic E-state index is 0.153. The second kappa shape index (κ2) is 10.8. The molecule has 3 rings (SSSR count). The van der Waals surface area contributed by atoms with Gasteiger partial charge in [0.05, 0.1) is 4.47 Å². The van der Waals surface area contributed by atoms with Gasteiger partial charge in [0.1, 0.15) is 5.82 Å². The molecule has 2 aliphatic rings. The molecule has 0 saturated heterocycles. The fourth-order valence-corrected chi connectivity index (χ4v) is 5.49. The van der Waals surface area contributed by atoms with E-state index in [9.17, 15) is 4.39 Å². The highest BCUT2D eigenvalue weighted by Crippen LogP contribution is 2.42. The quantitative estimate of drug-likeness (QED) is 0.297. The largest absolute Gasteiger partial charge is 0.206 e. The van der Waals surface area contributed by atoms with Gasteiger partial charge in [0.25, 0.3) is 0 Å². The van der Waals surface area contributed by atoms with Crippen LogP contribution in [0.15, 0.2) is 34.3 Å². The van der Waals surface area contributed by atoms with Crippen LogP contribution in [0.4, 0.5) is 4.39 Å². The maximum absolute atomic E-state index is 13.6. The molecule has 150 valence electrons. The van der Waals surface area contributed by atoms with E-state index in [0.717, 1.165) is 29.7 Å². The summed E-state index contributed by atoms with van der Waals surface area (Å²) in [7, 11) is 0. The first kappa shape index (κ1) is 21.1. The molecule has 0 aliphatic heterocycles. The lowest BCUT2D eigenvalue weighted by Crippen LogP contribution is -2.24. The molecular weight excluding hydrogens is 399 g/mol. The zero-order valence-electron chi connectivity index (χ0n) is 17.0. The molecule has 2 aliphatic carbocycles. The lowest BCUT2D eigenvalue weighted by Gasteiger charge is -2.36. The topological polar surface area (TPSA) is 0 Å². The van der Waals surface area contributed by atoms with E-state index in [1.165, 1.54) is 77.0 Å².